The Morgan fingerprint density at radius 1 is 1.14 bits per heavy atom. The Hall–Kier alpha value is -2.95. The molecule has 0 aromatic heterocycles. The summed E-state index contributed by atoms with van der Waals surface area (Å²) in [5.41, 5.74) is -0.572. The van der Waals surface area contributed by atoms with Gasteiger partial charge in [0.25, 0.3) is 0 Å². The molecule has 1 amide bonds. The van der Waals surface area contributed by atoms with E-state index in [1.54, 1.807) is 18.2 Å². The summed E-state index contributed by atoms with van der Waals surface area (Å²) in [6.07, 6.45) is -3.82. The van der Waals surface area contributed by atoms with Gasteiger partial charge < -0.3 is 14.8 Å². The van der Waals surface area contributed by atoms with Crippen LogP contribution in [0.4, 0.5) is 18.9 Å². The Balaban J connectivity index is 1.71. The third-order valence-corrected chi connectivity index (χ3v) is 5.22. The monoisotopic (exact) mass is 430 g/mol. The van der Waals surface area contributed by atoms with Crippen molar-refractivity contribution in [1.29, 1.82) is 0 Å². The van der Waals surface area contributed by atoms with E-state index in [1.165, 1.54) is 6.07 Å². The molecule has 1 N–H and O–H groups in total. The molecule has 156 valence electrons. The van der Waals surface area contributed by atoms with E-state index in [4.69, 9.17) is 9.47 Å². The Kier molecular flexibility index (Phi) is 5.60. The smallest absolute Gasteiger partial charge is 0.416 e. The molecule has 0 unspecified atom stereocenters. The third kappa shape index (κ3) is 5.11. The highest BCUT2D eigenvalue weighted by Crippen LogP contribution is 2.33. The Bertz CT molecular complexity index is 1020. The van der Waals surface area contributed by atoms with Gasteiger partial charge in [-0.15, -0.1) is 0 Å². The lowest BCUT2D eigenvalue weighted by Crippen LogP contribution is -2.40. The van der Waals surface area contributed by atoms with Crippen molar-refractivity contribution in [2.24, 2.45) is 0 Å². The predicted octanol–water partition coefficient (Wildman–Crippen LogP) is 2.52. The molecule has 29 heavy (non-hydrogen) atoms. The number of carbonyl (C=O) groups excluding carboxylic acids is 1. The normalized spacial score (nSPS) is 13.2. The van der Waals surface area contributed by atoms with Gasteiger partial charge in [-0.1, -0.05) is 12.1 Å². The molecule has 7 nitrogen and oxygen atoms in total. The fourth-order valence-electron chi connectivity index (χ4n) is 2.68. The lowest BCUT2D eigenvalue weighted by Gasteiger charge is -2.22. The number of anilines is 1. The number of halogens is 3. The number of benzene rings is 2. The van der Waals surface area contributed by atoms with E-state index in [1.807, 2.05) is 0 Å². The number of amides is 1. The number of fused-ring (bicyclic) bond motifs is 1. The summed E-state index contributed by atoms with van der Waals surface area (Å²) in [5.74, 6) is 0.428. The molecule has 0 saturated heterocycles. The van der Waals surface area contributed by atoms with Crippen LogP contribution in [0.3, 0.4) is 0 Å². The zero-order valence-corrected chi connectivity index (χ0v) is 16.0. The maximum atomic E-state index is 12.9. The molecule has 1 aliphatic heterocycles. The van der Waals surface area contributed by atoms with Gasteiger partial charge in [-0.05, 0) is 35.9 Å². The van der Waals surface area contributed by atoms with Gasteiger partial charge in [-0.2, -0.15) is 13.2 Å². The number of rotatable bonds is 6. The van der Waals surface area contributed by atoms with Crippen molar-refractivity contribution in [3.8, 4) is 11.5 Å². The van der Waals surface area contributed by atoms with Crippen LogP contribution in [-0.4, -0.2) is 33.9 Å². The zero-order chi connectivity index (χ0) is 21.2. The van der Waals surface area contributed by atoms with E-state index in [2.05, 4.69) is 5.32 Å². The molecule has 0 atom stereocenters. The summed E-state index contributed by atoms with van der Waals surface area (Å²) in [5, 5.41) is 2.54. The number of alkyl halides is 3. The first-order valence-corrected chi connectivity index (χ1v) is 10.2. The number of sulfonamides is 1. The van der Waals surface area contributed by atoms with Crippen molar-refractivity contribution >= 4 is 21.6 Å². The fraction of sp³-hybridized carbons (Fsp3) is 0.278. The average Bonchev–Trinajstić information content (AvgIpc) is 3.10. The summed E-state index contributed by atoms with van der Waals surface area (Å²) in [6, 6.07) is 8.84. The predicted molar refractivity (Wildman–Crippen MR) is 98.0 cm³/mol. The van der Waals surface area contributed by atoms with Crippen LogP contribution in [-0.2, 0) is 27.5 Å². The molecule has 0 fully saturated rings. The van der Waals surface area contributed by atoms with Crippen molar-refractivity contribution < 1.29 is 35.9 Å². The molecule has 11 heteroatoms. The second kappa shape index (κ2) is 7.82. The SMILES string of the molecule is CS(=O)(=O)N(CC(=O)NCc1ccc2c(c1)OCO2)c1cccc(C(F)(F)F)c1. The molecule has 0 saturated carbocycles. The highest BCUT2D eigenvalue weighted by molar-refractivity contribution is 7.92. The van der Waals surface area contributed by atoms with Crippen molar-refractivity contribution in [2.75, 3.05) is 23.9 Å². The van der Waals surface area contributed by atoms with E-state index in [9.17, 15) is 26.4 Å². The minimum Gasteiger partial charge on any atom is -0.454 e. The van der Waals surface area contributed by atoms with Crippen molar-refractivity contribution in [2.45, 2.75) is 12.7 Å². The molecular formula is C18H17F3N2O5S. The second-order valence-corrected chi connectivity index (χ2v) is 8.19. The van der Waals surface area contributed by atoms with Crippen LogP contribution in [0.1, 0.15) is 11.1 Å². The molecule has 0 radical (unpaired) electrons. The summed E-state index contributed by atoms with van der Waals surface area (Å²) >= 11 is 0. The average molecular weight is 430 g/mol. The van der Waals surface area contributed by atoms with Crippen molar-refractivity contribution in [1.82, 2.24) is 5.32 Å². The second-order valence-electron chi connectivity index (χ2n) is 6.28. The first-order valence-electron chi connectivity index (χ1n) is 8.34. The number of hydrogen-bond acceptors (Lipinski definition) is 5. The zero-order valence-electron chi connectivity index (χ0n) is 15.2. The first kappa shape index (κ1) is 20.8. The summed E-state index contributed by atoms with van der Waals surface area (Å²) in [4.78, 5) is 12.3. The maximum Gasteiger partial charge on any atom is 0.416 e. The van der Waals surface area contributed by atoms with Crippen LogP contribution >= 0.6 is 0 Å². The van der Waals surface area contributed by atoms with E-state index in [0.717, 1.165) is 18.4 Å². The van der Waals surface area contributed by atoms with Gasteiger partial charge in [0.2, 0.25) is 22.7 Å². The van der Waals surface area contributed by atoms with Crippen LogP contribution in [0.25, 0.3) is 0 Å². The lowest BCUT2D eigenvalue weighted by atomic mass is 10.2. The van der Waals surface area contributed by atoms with E-state index < -0.39 is 34.2 Å². The third-order valence-electron chi connectivity index (χ3n) is 4.08. The first-order chi connectivity index (χ1) is 13.5. The van der Waals surface area contributed by atoms with Crippen LogP contribution in [0.2, 0.25) is 0 Å². The largest absolute Gasteiger partial charge is 0.454 e. The molecule has 1 heterocycles. The molecule has 1 aliphatic rings. The van der Waals surface area contributed by atoms with Crippen LogP contribution in [0.5, 0.6) is 11.5 Å². The van der Waals surface area contributed by atoms with Gasteiger partial charge in [-0.3, -0.25) is 9.10 Å². The standard InChI is InChI=1S/C18H17F3N2O5S/c1-29(25,26)23(14-4-2-3-13(8-14)18(19,20)21)10-17(24)22-9-12-5-6-15-16(7-12)28-11-27-15/h2-8H,9-11H2,1H3,(H,22,24). The van der Waals surface area contributed by atoms with E-state index >= 15 is 0 Å². The molecule has 0 aliphatic carbocycles. The van der Waals surface area contributed by atoms with Gasteiger partial charge in [0.1, 0.15) is 6.54 Å². The van der Waals surface area contributed by atoms with Crippen LogP contribution < -0.4 is 19.1 Å². The quantitative estimate of drug-likeness (QED) is 0.761. The molecule has 0 spiro atoms. The number of carbonyl (C=O) groups is 1. The van der Waals surface area contributed by atoms with E-state index in [0.29, 0.717) is 27.4 Å². The fourth-order valence-corrected chi connectivity index (χ4v) is 3.52. The Morgan fingerprint density at radius 2 is 1.86 bits per heavy atom. The minimum atomic E-state index is -4.64. The van der Waals surface area contributed by atoms with Gasteiger partial charge in [0.15, 0.2) is 11.5 Å². The van der Waals surface area contributed by atoms with Crippen LogP contribution in [0, 0.1) is 0 Å². The molecule has 2 aromatic carbocycles. The van der Waals surface area contributed by atoms with Gasteiger partial charge >= 0.3 is 6.18 Å². The summed E-state index contributed by atoms with van der Waals surface area (Å²) in [6.45, 7) is -0.480. The molecule has 2 aromatic rings. The summed E-state index contributed by atoms with van der Waals surface area (Å²) in [7, 11) is -4.00. The Labute approximate surface area is 165 Å². The maximum absolute atomic E-state index is 12.9. The van der Waals surface area contributed by atoms with Crippen LogP contribution in [0.15, 0.2) is 42.5 Å². The highest BCUT2D eigenvalue weighted by atomic mass is 32.2. The molecule has 3 rings (SSSR count). The summed E-state index contributed by atoms with van der Waals surface area (Å²) < 4.78 is 74.0. The van der Waals surface area contributed by atoms with Gasteiger partial charge in [0.05, 0.1) is 17.5 Å². The van der Waals surface area contributed by atoms with Crippen molar-refractivity contribution in [3.63, 3.8) is 0 Å². The topological polar surface area (TPSA) is 84.9 Å². The minimum absolute atomic E-state index is 0.0790. The van der Waals surface area contributed by atoms with Gasteiger partial charge in [0, 0.05) is 6.54 Å². The van der Waals surface area contributed by atoms with Crippen molar-refractivity contribution in [3.05, 3.63) is 53.6 Å². The number of ether oxygens (including phenoxy) is 2. The molecule has 0 bridgehead atoms. The molecular weight excluding hydrogens is 413 g/mol. The van der Waals surface area contributed by atoms with Gasteiger partial charge in [-0.25, -0.2) is 8.42 Å². The lowest BCUT2D eigenvalue weighted by molar-refractivity contribution is -0.137. The number of hydrogen-bond donors (Lipinski definition) is 1. The number of nitrogens with one attached hydrogen (secondary N) is 1. The Morgan fingerprint density at radius 3 is 2.55 bits per heavy atom. The highest BCUT2D eigenvalue weighted by Gasteiger charge is 2.32. The number of nitrogens with zero attached hydrogens (tertiary/aromatic N) is 1. The van der Waals surface area contributed by atoms with E-state index in [-0.39, 0.29) is 19.0 Å².